The molecule has 0 aromatic carbocycles. The van der Waals surface area contributed by atoms with Crippen molar-refractivity contribution in [1.29, 1.82) is 0 Å². The van der Waals surface area contributed by atoms with Gasteiger partial charge in [0.2, 0.25) is 0 Å². The molecule has 2 aromatic rings. The summed E-state index contributed by atoms with van der Waals surface area (Å²) in [6.45, 7) is 2.39. The number of aromatic nitrogens is 1. The normalized spacial score (nSPS) is 10.4. The van der Waals surface area contributed by atoms with Crippen molar-refractivity contribution < 1.29 is 4.79 Å². The van der Waals surface area contributed by atoms with Crippen LogP contribution in [0.5, 0.6) is 0 Å². The van der Waals surface area contributed by atoms with Crippen LogP contribution in [0.1, 0.15) is 21.6 Å². The highest BCUT2D eigenvalue weighted by molar-refractivity contribution is 7.14. The number of nitrogens with two attached hydrogens (primary N) is 1. The predicted octanol–water partition coefficient (Wildman–Crippen LogP) is 2.19. The number of hydrogen-bond donors (Lipinski definition) is 1. The first kappa shape index (κ1) is 12.7. The van der Waals surface area contributed by atoms with E-state index in [0.717, 1.165) is 16.1 Å². The van der Waals surface area contributed by atoms with Crippen LogP contribution in [0.15, 0.2) is 29.8 Å². The Hall–Kier alpha value is -1.72. The van der Waals surface area contributed by atoms with Crippen molar-refractivity contribution in [3.8, 4) is 0 Å². The number of pyridine rings is 1. The van der Waals surface area contributed by atoms with Crippen LogP contribution in [-0.2, 0) is 6.54 Å². The summed E-state index contributed by atoms with van der Waals surface area (Å²) in [6, 6.07) is 5.54. The van der Waals surface area contributed by atoms with Gasteiger partial charge in [0.1, 0.15) is 10.7 Å². The van der Waals surface area contributed by atoms with Crippen LogP contribution >= 0.6 is 11.3 Å². The van der Waals surface area contributed by atoms with Crippen molar-refractivity contribution in [1.82, 2.24) is 4.98 Å². The second kappa shape index (κ2) is 5.29. The van der Waals surface area contributed by atoms with Crippen molar-refractivity contribution in [2.45, 2.75) is 13.5 Å². The van der Waals surface area contributed by atoms with Gasteiger partial charge in [0.05, 0.1) is 0 Å². The summed E-state index contributed by atoms with van der Waals surface area (Å²) >= 11 is 1.54. The molecule has 4 nitrogen and oxygen atoms in total. The third kappa shape index (κ3) is 2.42. The minimum absolute atomic E-state index is 0.115. The second-order valence-electron chi connectivity index (χ2n) is 4.03. The number of rotatable bonds is 3. The first-order valence-electron chi connectivity index (χ1n) is 5.60. The molecule has 2 aromatic heterocycles. The van der Waals surface area contributed by atoms with Crippen LogP contribution in [0.4, 0.5) is 5.00 Å². The van der Waals surface area contributed by atoms with Gasteiger partial charge >= 0.3 is 0 Å². The lowest BCUT2D eigenvalue weighted by molar-refractivity contribution is 0.0988. The fourth-order valence-electron chi connectivity index (χ4n) is 1.69. The average Bonchev–Trinajstić information content (AvgIpc) is 2.83. The highest BCUT2D eigenvalue weighted by atomic mass is 32.1. The summed E-state index contributed by atoms with van der Waals surface area (Å²) in [5, 5.41) is 2.91. The lowest BCUT2D eigenvalue weighted by atomic mass is 10.2. The maximum Gasteiger partial charge on any atom is 0.277 e. The molecule has 0 aliphatic heterocycles. The molecule has 0 saturated heterocycles. The Bertz CT molecular complexity index is 565. The molecule has 0 radical (unpaired) electrons. The van der Waals surface area contributed by atoms with E-state index in [1.54, 1.807) is 35.5 Å². The lowest BCUT2D eigenvalue weighted by Gasteiger charge is -2.16. The van der Waals surface area contributed by atoms with Crippen molar-refractivity contribution in [3.05, 3.63) is 46.6 Å². The zero-order valence-corrected chi connectivity index (χ0v) is 11.2. The molecule has 2 rings (SSSR count). The number of amides is 1. The molecule has 0 spiro atoms. The Morgan fingerprint density at radius 3 is 2.89 bits per heavy atom. The Kier molecular flexibility index (Phi) is 3.74. The highest BCUT2D eigenvalue weighted by Crippen LogP contribution is 2.26. The van der Waals surface area contributed by atoms with E-state index in [2.05, 4.69) is 4.98 Å². The van der Waals surface area contributed by atoms with Crippen LogP contribution in [0.2, 0.25) is 0 Å². The quantitative estimate of drug-likeness (QED) is 0.921. The molecule has 0 aliphatic rings. The van der Waals surface area contributed by atoms with E-state index in [-0.39, 0.29) is 5.91 Å². The lowest BCUT2D eigenvalue weighted by Crippen LogP contribution is -2.27. The standard InChI is InChI=1S/C13H15N3OS/c1-9-4-6-18-13(9)16(2)12(17)11-7-10(8-14)3-5-15-11/h3-7H,8,14H2,1-2H3. The van der Waals surface area contributed by atoms with Crippen molar-refractivity contribution in [2.75, 3.05) is 11.9 Å². The predicted molar refractivity (Wildman–Crippen MR) is 73.9 cm³/mol. The van der Waals surface area contributed by atoms with Gasteiger partial charge in [0.15, 0.2) is 0 Å². The summed E-state index contributed by atoms with van der Waals surface area (Å²) < 4.78 is 0. The van der Waals surface area contributed by atoms with Crippen LogP contribution in [0, 0.1) is 6.92 Å². The molecule has 0 fully saturated rings. The number of anilines is 1. The molecule has 0 atom stereocenters. The SMILES string of the molecule is Cc1ccsc1N(C)C(=O)c1cc(CN)ccn1. The van der Waals surface area contributed by atoms with Gasteiger partial charge in [-0.05, 0) is 41.6 Å². The van der Waals surface area contributed by atoms with E-state index in [4.69, 9.17) is 5.73 Å². The van der Waals surface area contributed by atoms with E-state index in [0.29, 0.717) is 12.2 Å². The summed E-state index contributed by atoms with van der Waals surface area (Å²) in [4.78, 5) is 18.0. The maximum atomic E-state index is 12.3. The maximum absolute atomic E-state index is 12.3. The first-order valence-corrected chi connectivity index (χ1v) is 6.48. The summed E-state index contributed by atoms with van der Waals surface area (Å²) in [5.41, 5.74) is 7.98. The summed E-state index contributed by atoms with van der Waals surface area (Å²) in [7, 11) is 1.76. The minimum Gasteiger partial charge on any atom is -0.326 e. The van der Waals surface area contributed by atoms with Gasteiger partial charge in [-0.25, -0.2) is 0 Å². The van der Waals surface area contributed by atoms with Crippen molar-refractivity contribution in [3.63, 3.8) is 0 Å². The third-order valence-corrected chi connectivity index (χ3v) is 3.81. The van der Waals surface area contributed by atoms with Crippen molar-refractivity contribution in [2.24, 2.45) is 5.73 Å². The molecular weight excluding hydrogens is 246 g/mol. The Balaban J connectivity index is 2.28. The average molecular weight is 261 g/mol. The minimum atomic E-state index is -0.115. The number of hydrogen-bond acceptors (Lipinski definition) is 4. The molecule has 2 heterocycles. The van der Waals surface area contributed by atoms with Gasteiger partial charge in [-0.15, -0.1) is 11.3 Å². The number of thiophene rings is 1. The Morgan fingerprint density at radius 2 is 2.28 bits per heavy atom. The molecule has 94 valence electrons. The van der Waals surface area contributed by atoms with E-state index in [1.165, 1.54) is 0 Å². The van der Waals surface area contributed by atoms with Crippen LogP contribution < -0.4 is 10.6 Å². The monoisotopic (exact) mass is 261 g/mol. The molecular formula is C13H15N3OS. The molecule has 0 unspecified atom stereocenters. The molecule has 5 heteroatoms. The van der Waals surface area contributed by atoms with Gasteiger partial charge in [0.25, 0.3) is 5.91 Å². The number of aryl methyl sites for hydroxylation is 1. The van der Waals surface area contributed by atoms with Crippen molar-refractivity contribution >= 4 is 22.2 Å². The largest absolute Gasteiger partial charge is 0.326 e. The van der Waals surface area contributed by atoms with Gasteiger partial charge in [-0.3, -0.25) is 9.78 Å². The van der Waals surface area contributed by atoms with Gasteiger partial charge in [-0.2, -0.15) is 0 Å². The Morgan fingerprint density at radius 1 is 1.50 bits per heavy atom. The fraction of sp³-hybridized carbons (Fsp3) is 0.231. The molecule has 2 N–H and O–H groups in total. The van der Waals surface area contributed by atoms with Gasteiger partial charge in [0, 0.05) is 19.8 Å². The number of carbonyl (C=O) groups is 1. The molecule has 18 heavy (non-hydrogen) atoms. The Labute approximate surface area is 110 Å². The summed E-state index contributed by atoms with van der Waals surface area (Å²) in [6.07, 6.45) is 1.62. The van der Waals surface area contributed by atoms with E-state index in [1.807, 2.05) is 24.4 Å². The van der Waals surface area contributed by atoms with E-state index in [9.17, 15) is 4.79 Å². The zero-order valence-electron chi connectivity index (χ0n) is 10.4. The van der Waals surface area contributed by atoms with Crippen LogP contribution in [0.25, 0.3) is 0 Å². The molecule has 1 amide bonds. The van der Waals surface area contributed by atoms with E-state index < -0.39 is 0 Å². The highest BCUT2D eigenvalue weighted by Gasteiger charge is 2.17. The molecule has 0 aliphatic carbocycles. The molecule has 0 saturated carbocycles. The number of nitrogens with zero attached hydrogens (tertiary/aromatic N) is 2. The first-order chi connectivity index (χ1) is 8.63. The third-order valence-electron chi connectivity index (χ3n) is 2.72. The van der Waals surface area contributed by atoms with Crippen LogP contribution in [0.3, 0.4) is 0 Å². The van der Waals surface area contributed by atoms with Gasteiger partial charge < -0.3 is 10.6 Å². The van der Waals surface area contributed by atoms with Crippen LogP contribution in [-0.4, -0.2) is 17.9 Å². The van der Waals surface area contributed by atoms with E-state index >= 15 is 0 Å². The number of carbonyl (C=O) groups excluding carboxylic acids is 1. The summed E-state index contributed by atoms with van der Waals surface area (Å²) in [5.74, 6) is -0.115. The smallest absolute Gasteiger partial charge is 0.277 e. The van der Waals surface area contributed by atoms with Gasteiger partial charge in [-0.1, -0.05) is 0 Å². The molecule has 0 bridgehead atoms. The fourth-order valence-corrected chi connectivity index (χ4v) is 2.59. The second-order valence-corrected chi connectivity index (χ2v) is 4.92. The zero-order chi connectivity index (χ0) is 13.1. The topological polar surface area (TPSA) is 59.2 Å².